The molecule has 0 spiro atoms. The van der Waals surface area contributed by atoms with Crippen LogP contribution in [0.3, 0.4) is 0 Å². The lowest BCUT2D eigenvalue weighted by molar-refractivity contribution is 0.446. The van der Waals surface area contributed by atoms with Crippen molar-refractivity contribution >= 4 is 11.0 Å². The van der Waals surface area contributed by atoms with Crippen LogP contribution in [0.5, 0.6) is 5.75 Å². The minimum Gasteiger partial charge on any atom is -0.507 e. The van der Waals surface area contributed by atoms with Crippen molar-refractivity contribution in [2.45, 2.75) is 112 Å². The Morgan fingerprint density at radius 2 is 1.21 bits per heavy atom. The van der Waals surface area contributed by atoms with Gasteiger partial charge in [-0.3, -0.25) is 9.55 Å². The van der Waals surface area contributed by atoms with Crippen LogP contribution in [0.2, 0.25) is 0 Å². The zero-order valence-electron chi connectivity index (χ0n) is 36.0. The van der Waals surface area contributed by atoms with Crippen LogP contribution in [-0.4, -0.2) is 19.6 Å². The SMILES string of the molecule is CC(C)c1cc(-c2ccc(-c3ccccc3)cn2)cc(-c2cccc3c2nc(-c2cc(C(C)(C)C)cc(C(C)(C)C)c2O)n3-c2c(C(C)C)cccc2C(C)C)c1. The van der Waals surface area contributed by atoms with Gasteiger partial charge in [0.1, 0.15) is 11.6 Å². The fourth-order valence-electron chi connectivity index (χ4n) is 7.97. The molecule has 0 aliphatic rings. The summed E-state index contributed by atoms with van der Waals surface area (Å²) in [6.45, 7) is 26.8. The van der Waals surface area contributed by atoms with Crippen molar-refractivity contribution in [3.05, 3.63) is 143 Å². The number of fused-ring (bicyclic) bond motifs is 1. The van der Waals surface area contributed by atoms with Gasteiger partial charge < -0.3 is 5.11 Å². The van der Waals surface area contributed by atoms with Gasteiger partial charge in [0.2, 0.25) is 0 Å². The second kappa shape index (κ2) is 15.1. The van der Waals surface area contributed by atoms with Crippen LogP contribution in [-0.2, 0) is 10.8 Å². The van der Waals surface area contributed by atoms with Crippen LogP contribution in [0.1, 0.15) is 129 Å². The lowest BCUT2D eigenvalue weighted by Crippen LogP contribution is -2.17. The van der Waals surface area contributed by atoms with Crippen molar-refractivity contribution in [3.8, 4) is 56.3 Å². The zero-order valence-corrected chi connectivity index (χ0v) is 36.0. The quantitative estimate of drug-likeness (QED) is 0.168. The molecule has 0 aliphatic carbocycles. The molecule has 7 aromatic rings. The summed E-state index contributed by atoms with van der Waals surface area (Å²) in [5, 5.41) is 12.4. The van der Waals surface area contributed by atoms with E-state index in [0.29, 0.717) is 5.92 Å². The summed E-state index contributed by atoms with van der Waals surface area (Å²) >= 11 is 0. The van der Waals surface area contributed by atoms with E-state index in [1.165, 1.54) is 22.3 Å². The Morgan fingerprint density at radius 1 is 0.561 bits per heavy atom. The topological polar surface area (TPSA) is 50.9 Å². The van der Waals surface area contributed by atoms with Gasteiger partial charge in [0, 0.05) is 28.5 Å². The highest BCUT2D eigenvalue weighted by molar-refractivity contribution is 5.97. The van der Waals surface area contributed by atoms with Gasteiger partial charge in [0.25, 0.3) is 0 Å². The highest BCUT2D eigenvalue weighted by Crippen LogP contribution is 2.46. The van der Waals surface area contributed by atoms with E-state index in [-0.39, 0.29) is 28.4 Å². The number of phenols is 1. The fourth-order valence-corrected chi connectivity index (χ4v) is 7.97. The van der Waals surface area contributed by atoms with E-state index >= 15 is 0 Å². The van der Waals surface area contributed by atoms with Gasteiger partial charge in [-0.25, -0.2) is 4.98 Å². The van der Waals surface area contributed by atoms with Gasteiger partial charge in [-0.05, 0) is 92.3 Å². The Labute approximate surface area is 340 Å². The van der Waals surface area contributed by atoms with Crippen molar-refractivity contribution in [3.63, 3.8) is 0 Å². The molecule has 0 bridgehead atoms. The first-order valence-corrected chi connectivity index (χ1v) is 20.6. The molecule has 7 rings (SSSR count). The Morgan fingerprint density at radius 3 is 1.79 bits per heavy atom. The second-order valence-electron chi connectivity index (χ2n) is 18.8. The maximum atomic E-state index is 12.4. The number of imidazole rings is 1. The average Bonchev–Trinajstić information content (AvgIpc) is 3.56. The largest absolute Gasteiger partial charge is 0.507 e. The maximum absolute atomic E-state index is 12.4. The predicted octanol–water partition coefficient (Wildman–Crippen LogP) is 14.8. The lowest BCUT2D eigenvalue weighted by Gasteiger charge is -2.28. The molecular formula is C53H59N3O. The Hall–Kier alpha value is -5.48. The third-order valence-electron chi connectivity index (χ3n) is 11.4. The van der Waals surface area contributed by atoms with Crippen LogP contribution in [0.25, 0.3) is 61.6 Å². The van der Waals surface area contributed by atoms with E-state index in [2.05, 4.69) is 191 Å². The highest BCUT2D eigenvalue weighted by Gasteiger charge is 2.30. The molecule has 0 unspecified atom stereocenters. The summed E-state index contributed by atoms with van der Waals surface area (Å²) in [5.74, 6) is 1.87. The Bertz CT molecular complexity index is 2530. The summed E-state index contributed by atoms with van der Waals surface area (Å²) in [6, 6.07) is 39.2. The van der Waals surface area contributed by atoms with Gasteiger partial charge in [-0.1, -0.05) is 162 Å². The number of pyridine rings is 1. The molecule has 2 aromatic heterocycles. The molecule has 0 saturated heterocycles. The minimum atomic E-state index is -0.290. The smallest absolute Gasteiger partial charge is 0.149 e. The summed E-state index contributed by atoms with van der Waals surface area (Å²) in [4.78, 5) is 10.6. The predicted molar refractivity (Wildman–Crippen MR) is 242 cm³/mol. The van der Waals surface area contributed by atoms with Crippen molar-refractivity contribution in [2.24, 2.45) is 0 Å². The van der Waals surface area contributed by atoms with Crippen molar-refractivity contribution in [1.82, 2.24) is 14.5 Å². The number of hydrogen-bond acceptors (Lipinski definition) is 3. The first-order chi connectivity index (χ1) is 26.9. The number of phenolic OH excluding ortho intramolecular Hbond substituents is 1. The standard InChI is InChI=1S/C53H59N3O/c1-32(2)37-26-38(28-39(27-37)46-25-24-36(31-54-46)35-18-14-13-15-19-35)43-22-17-23-47-48(43)55-51(56(47)49-41(33(3)4)20-16-21-42(49)34(5)6)44-29-40(52(7,8)9)30-45(50(44)57)53(10,11)12/h13-34,57H,1-12H3. The fraction of sp³-hybridized carbons (Fsp3) is 0.321. The van der Waals surface area contributed by atoms with Crippen molar-refractivity contribution in [2.75, 3.05) is 0 Å². The number of nitrogens with zero attached hydrogens (tertiary/aromatic N) is 3. The maximum Gasteiger partial charge on any atom is 0.149 e. The number of hydrogen-bond donors (Lipinski definition) is 1. The monoisotopic (exact) mass is 753 g/mol. The minimum absolute atomic E-state index is 0.148. The number of benzene rings is 5. The van der Waals surface area contributed by atoms with E-state index < -0.39 is 0 Å². The van der Waals surface area contributed by atoms with E-state index in [9.17, 15) is 5.11 Å². The first kappa shape index (κ1) is 39.7. The average molecular weight is 754 g/mol. The molecule has 1 N–H and O–H groups in total. The third kappa shape index (κ3) is 7.67. The first-order valence-electron chi connectivity index (χ1n) is 20.6. The van der Waals surface area contributed by atoms with Crippen LogP contribution in [0, 0.1) is 0 Å². The molecule has 0 atom stereocenters. The molecule has 4 heteroatoms. The molecule has 5 aromatic carbocycles. The summed E-state index contributed by atoms with van der Waals surface area (Å²) in [5.41, 5.74) is 15.6. The van der Waals surface area contributed by atoms with Crippen LogP contribution in [0.15, 0.2) is 115 Å². The lowest BCUT2D eigenvalue weighted by atomic mass is 9.79. The third-order valence-corrected chi connectivity index (χ3v) is 11.4. The van der Waals surface area contributed by atoms with Gasteiger partial charge in [-0.2, -0.15) is 0 Å². The second-order valence-corrected chi connectivity index (χ2v) is 18.8. The Kier molecular flexibility index (Phi) is 10.5. The summed E-state index contributed by atoms with van der Waals surface area (Å²) in [7, 11) is 0. The van der Waals surface area contributed by atoms with Gasteiger partial charge in [-0.15, -0.1) is 0 Å². The molecular weight excluding hydrogens is 695 g/mol. The van der Waals surface area contributed by atoms with Crippen LogP contribution >= 0.6 is 0 Å². The van der Waals surface area contributed by atoms with Gasteiger partial charge in [0.15, 0.2) is 0 Å². The van der Waals surface area contributed by atoms with E-state index in [1.807, 2.05) is 12.3 Å². The van der Waals surface area contributed by atoms with Crippen molar-refractivity contribution < 1.29 is 5.11 Å². The van der Waals surface area contributed by atoms with Crippen LogP contribution in [0.4, 0.5) is 0 Å². The summed E-state index contributed by atoms with van der Waals surface area (Å²) < 4.78 is 2.36. The molecule has 292 valence electrons. The molecule has 57 heavy (non-hydrogen) atoms. The normalized spacial score (nSPS) is 12.4. The van der Waals surface area contributed by atoms with Crippen molar-refractivity contribution in [1.29, 1.82) is 0 Å². The number of aromatic hydroxyl groups is 1. The molecule has 4 nitrogen and oxygen atoms in total. The number of aromatic nitrogens is 3. The Balaban J connectivity index is 1.55. The molecule has 0 saturated carbocycles. The molecule has 0 fully saturated rings. The van der Waals surface area contributed by atoms with E-state index in [4.69, 9.17) is 9.97 Å². The zero-order chi connectivity index (χ0) is 41.0. The van der Waals surface area contributed by atoms with E-state index in [1.54, 1.807) is 0 Å². The molecule has 2 heterocycles. The molecule has 0 radical (unpaired) electrons. The molecule has 0 amide bonds. The van der Waals surface area contributed by atoms with Crippen LogP contribution < -0.4 is 0 Å². The number of para-hydroxylation sites is 2. The van der Waals surface area contributed by atoms with E-state index in [0.717, 1.165) is 67.2 Å². The molecule has 0 aliphatic heterocycles. The highest BCUT2D eigenvalue weighted by atomic mass is 16.3. The van der Waals surface area contributed by atoms with Gasteiger partial charge in [0.05, 0.1) is 28.0 Å². The summed E-state index contributed by atoms with van der Waals surface area (Å²) in [6.07, 6.45) is 1.98. The number of rotatable bonds is 8. The van der Waals surface area contributed by atoms with Gasteiger partial charge >= 0.3 is 0 Å².